The van der Waals surface area contributed by atoms with E-state index in [2.05, 4.69) is 15.3 Å². The van der Waals surface area contributed by atoms with E-state index >= 15 is 0 Å². The third-order valence-corrected chi connectivity index (χ3v) is 3.07. The zero-order valence-electron chi connectivity index (χ0n) is 10.2. The highest BCUT2D eigenvalue weighted by molar-refractivity contribution is 6.42. The van der Waals surface area contributed by atoms with E-state index in [1.807, 2.05) is 0 Å². The SMILES string of the molecule is COCCNCc1nc2cc(Cl)c(Cl)cc2[nH]1.Cl.Cl. The van der Waals surface area contributed by atoms with Crippen LogP contribution in [0.1, 0.15) is 5.82 Å². The van der Waals surface area contributed by atoms with Crippen LogP contribution in [0.25, 0.3) is 11.0 Å². The standard InChI is InChI=1S/C11H13Cl2N3O.2ClH/c1-17-3-2-14-6-11-15-9-4-7(12)8(13)5-10(9)16-11;;/h4-5,14H,2-3,6H2,1H3,(H,15,16);2*1H. The lowest BCUT2D eigenvalue weighted by Gasteiger charge is -2.00. The van der Waals surface area contributed by atoms with Crippen LogP contribution in [0, 0.1) is 0 Å². The maximum atomic E-state index is 5.93. The van der Waals surface area contributed by atoms with Crippen molar-refractivity contribution in [2.45, 2.75) is 6.54 Å². The average Bonchev–Trinajstić information content (AvgIpc) is 2.67. The van der Waals surface area contributed by atoms with Gasteiger partial charge in [0.25, 0.3) is 0 Å². The molecule has 1 aromatic carbocycles. The number of hydrogen-bond donors (Lipinski definition) is 2. The third kappa shape index (κ3) is 4.99. The molecule has 108 valence electrons. The van der Waals surface area contributed by atoms with Crippen molar-refractivity contribution in [2.24, 2.45) is 0 Å². The molecule has 19 heavy (non-hydrogen) atoms. The number of halogens is 4. The lowest BCUT2D eigenvalue weighted by molar-refractivity contribution is 0.199. The summed E-state index contributed by atoms with van der Waals surface area (Å²) in [6.07, 6.45) is 0. The Hall–Kier alpha value is -0.230. The Labute approximate surface area is 134 Å². The molecule has 0 unspecified atom stereocenters. The summed E-state index contributed by atoms with van der Waals surface area (Å²) in [4.78, 5) is 7.59. The summed E-state index contributed by atoms with van der Waals surface area (Å²) in [5, 5.41) is 4.26. The van der Waals surface area contributed by atoms with Gasteiger partial charge >= 0.3 is 0 Å². The van der Waals surface area contributed by atoms with Gasteiger partial charge in [0.05, 0.1) is 34.2 Å². The Morgan fingerprint density at radius 1 is 1.26 bits per heavy atom. The summed E-state index contributed by atoms with van der Waals surface area (Å²) in [5.41, 5.74) is 1.71. The molecule has 1 aromatic heterocycles. The van der Waals surface area contributed by atoms with Crippen LogP contribution < -0.4 is 5.32 Å². The van der Waals surface area contributed by atoms with Crippen molar-refractivity contribution in [1.29, 1.82) is 0 Å². The van der Waals surface area contributed by atoms with Crippen LogP contribution in [-0.4, -0.2) is 30.2 Å². The van der Waals surface area contributed by atoms with E-state index in [9.17, 15) is 0 Å². The predicted molar refractivity (Wildman–Crippen MR) is 84.2 cm³/mol. The summed E-state index contributed by atoms with van der Waals surface area (Å²) < 4.78 is 4.94. The molecule has 1 heterocycles. The molecule has 0 fully saturated rings. The monoisotopic (exact) mass is 345 g/mol. The largest absolute Gasteiger partial charge is 0.383 e. The molecular formula is C11H15Cl4N3O. The Morgan fingerprint density at radius 2 is 1.95 bits per heavy atom. The maximum absolute atomic E-state index is 5.93. The van der Waals surface area contributed by atoms with E-state index < -0.39 is 0 Å². The molecule has 0 aliphatic heterocycles. The number of nitrogens with zero attached hydrogens (tertiary/aromatic N) is 1. The van der Waals surface area contributed by atoms with Crippen molar-refractivity contribution in [3.63, 3.8) is 0 Å². The van der Waals surface area contributed by atoms with Crippen molar-refractivity contribution in [2.75, 3.05) is 20.3 Å². The van der Waals surface area contributed by atoms with Gasteiger partial charge in [0.2, 0.25) is 0 Å². The van der Waals surface area contributed by atoms with Gasteiger partial charge < -0.3 is 15.0 Å². The third-order valence-electron chi connectivity index (χ3n) is 2.35. The molecule has 0 aliphatic rings. The molecule has 0 bridgehead atoms. The first-order valence-corrected chi connectivity index (χ1v) is 5.99. The predicted octanol–water partition coefficient (Wildman–Crippen LogP) is 3.45. The number of nitrogens with one attached hydrogen (secondary N) is 2. The Balaban J connectivity index is 0.00000162. The van der Waals surface area contributed by atoms with Crippen LogP contribution in [-0.2, 0) is 11.3 Å². The van der Waals surface area contributed by atoms with Crippen LogP contribution in [0.15, 0.2) is 12.1 Å². The first kappa shape index (κ1) is 18.8. The molecule has 0 atom stereocenters. The summed E-state index contributed by atoms with van der Waals surface area (Å²) in [6.45, 7) is 2.13. The second-order valence-electron chi connectivity index (χ2n) is 3.64. The molecule has 2 N–H and O–H groups in total. The maximum Gasteiger partial charge on any atom is 0.121 e. The van der Waals surface area contributed by atoms with Crippen LogP contribution >= 0.6 is 48.0 Å². The minimum atomic E-state index is 0. The number of ether oxygens (including phenoxy) is 1. The Morgan fingerprint density at radius 3 is 2.63 bits per heavy atom. The minimum absolute atomic E-state index is 0. The summed E-state index contributed by atoms with van der Waals surface area (Å²) in [7, 11) is 1.67. The molecule has 0 radical (unpaired) electrons. The van der Waals surface area contributed by atoms with E-state index in [1.54, 1.807) is 19.2 Å². The lowest BCUT2D eigenvalue weighted by Crippen LogP contribution is -2.19. The van der Waals surface area contributed by atoms with E-state index in [-0.39, 0.29) is 24.8 Å². The topological polar surface area (TPSA) is 49.9 Å². The average molecular weight is 347 g/mol. The number of H-pyrrole nitrogens is 1. The van der Waals surface area contributed by atoms with Crippen LogP contribution in [0.2, 0.25) is 10.0 Å². The summed E-state index contributed by atoms with van der Waals surface area (Å²) in [6, 6.07) is 3.54. The molecule has 0 amide bonds. The van der Waals surface area contributed by atoms with Crippen molar-refractivity contribution in [3.8, 4) is 0 Å². The Bertz CT molecular complexity index is 479. The highest BCUT2D eigenvalue weighted by atomic mass is 35.5. The van der Waals surface area contributed by atoms with Gasteiger partial charge in [0.1, 0.15) is 5.82 Å². The van der Waals surface area contributed by atoms with Crippen molar-refractivity contribution in [3.05, 3.63) is 28.0 Å². The molecule has 4 nitrogen and oxygen atoms in total. The van der Waals surface area contributed by atoms with E-state index in [0.717, 1.165) is 23.4 Å². The van der Waals surface area contributed by atoms with Gasteiger partial charge in [0, 0.05) is 13.7 Å². The van der Waals surface area contributed by atoms with Gasteiger partial charge in [-0.1, -0.05) is 23.2 Å². The van der Waals surface area contributed by atoms with Crippen molar-refractivity contribution < 1.29 is 4.74 Å². The second-order valence-corrected chi connectivity index (χ2v) is 4.45. The molecule has 0 saturated heterocycles. The smallest absolute Gasteiger partial charge is 0.121 e. The number of imidazole rings is 1. The number of aromatic nitrogens is 2. The van der Waals surface area contributed by atoms with Gasteiger partial charge in [-0.15, -0.1) is 24.8 Å². The molecule has 2 rings (SSSR count). The molecule has 0 aliphatic carbocycles. The van der Waals surface area contributed by atoms with Gasteiger partial charge in [-0.05, 0) is 12.1 Å². The van der Waals surface area contributed by atoms with Crippen LogP contribution in [0.5, 0.6) is 0 Å². The quantitative estimate of drug-likeness (QED) is 0.815. The number of methoxy groups -OCH3 is 1. The normalized spacial score (nSPS) is 10.1. The number of hydrogen-bond acceptors (Lipinski definition) is 3. The van der Waals surface area contributed by atoms with Crippen molar-refractivity contribution >= 4 is 59.0 Å². The molecular weight excluding hydrogens is 332 g/mol. The summed E-state index contributed by atoms with van der Waals surface area (Å²) in [5.74, 6) is 0.856. The molecule has 0 saturated carbocycles. The first-order chi connectivity index (χ1) is 8.20. The number of rotatable bonds is 5. The number of benzene rings is 1. The van der Waals surface area contributed by atoms with E-state index in [0.29, 0.717) is 23.2 Å². The minimum Gasteiger partial charge on any atom is -0.383 e. The fraction of sp³-hybridized carbons (Fsp3) is 0.364. The van der Waals surface area contributed by atoms with Gasteiger partial charge in [-0.3, -0.25) is 0 Å². The van der Waals surface area contributed by atoms with E-state index in [1.165, 1.54) is 0 Å². The first-order valence-electron chi connectivity index (χ1n) is 5.24. The highest BCUT2D eigenvalue weighted by Crippen LogP contribution is 2.26. The van der Waals surface area contributed by atoms with Crippen LogP contribution in [0.4, 0.5) is 0 Å². The fourth-order valence-electron chi connectivity index (χ4n) is 1.52. The lowest BCUT2D eigenvalue weighted by atomic mass is 10.3. The molecule has 2 aromatic rings. The summed E-state index contributed by atoms with van der Waals surface area (Å²) >= 11 is 11.9. The second kappa shape index (κ2) is 8.84. The van der Waals surface area contributed by atoms with Crippen LogP contribution in [0.3, 0.4) is 0 Å². The zero-order chi connectivity index (χ0) is 12.3. The number of aromatic amines is 1. The van der Waals surface area contributed by atoms with Gasteiger partial charge in [-0.2, -0.15) is 0 Å². The van der Waals surface area contributed by atoms with Gasteiger partial charge in [0.15, 0.2) is 0 Å². The fourth-order valence-corrected chi connectivity index (χ4v) is 1.84. The van der Waals surface area contributed by atoms with Crippen molar-refractivity contribution in [1.82, 2.24) is 15.3 Å². The van der Waals surface area contributed by atoms with E-state index in [4.69, 9.17) is 27.9 Å². The Kier molecular flexibility index (Phi) is 8.74. The zero-order valence-corrected chi connectivity index (χ0v) is 13.3. The highest BCUT2D eigenvalue weighted by Gasteiger charge is 2.06. The van der Waals surface area contributed by atoms with Gasteiger partial charge in [-0.25, -0.2) is 4.98 Å². The molecule has 0 spiro atoms. The molecule has 8 heteroatoms. The number of fused-ring (bicyclic) bond motifs is 1.